The van der Waals surface area contributed by atoms with Gasteiger partial charge in [0.05, 0.1) is 21.1 Å². The van der Waals surface area contributed by atoms with Crippen LogP contribution in [0.15, 0.2) is 12.2 Å². The van der Waals surface area contributed by atoms with Crippen LogP contribution in [0.3, 0.4) is 0 Å². The standard InChI is InChI=1S/C11H22NO4P/c1-9(2)11(14)10(13)8-17(15)16-7-6-12(3,4)5/h10,13H,1,6-8H2,2-5H3/q+2. The van der Waals surface area contributed by atoms with E-state index in [1.165, 1.54) is 6.92 Å². The van der Waals surface area contributed by atoms with Crippen molar-refractivity contribution in [3.8, 4) is 0 Å². The second-order valence-corrected chi connectivity index (χ2v) is 6.31. The van der Waals surface area contributed by atoms with Crippen LogP contribution in [0, 0.1) is 0 Å². The molecule has 0 aliphatic heterocycles. The molecule has 0 radical (unpaired) electrons. The topological polar surface area (TPSA) is 63.6 Å². The summed E-state index contributed by atoms with van der Waals surface area (Å²) < 4.78 is 17.2. The van der Waals surface area contributed by atoms with Crippen LogP contribution in [-0.4, -0.2) is 61.9 Å². The zero-order valence-electron chi connectivity index (χ0n) is 11.0. The molecule has 0 saturated heterocycles. The number of aliphatic hydroxyl groups is 1. The molecule has 0 heterocycles. The first-order valence-electron chi connectivity index (χ1n) is 5.39. The largest absolute Gasteiger partial charge is 0.511 e. The molecule has 2 unspecified atom stereocenters. The van der Waals surface area contributed by atoms with Crippen LogP contribution in [0.4, 0.5) is 0 Å². The summed E-state index contributed by atoms with van der Waals surface area (Å²) in [5.74, 6) is -0.483. The highest BCUT2D eigenvalue weighted by Gasteiger charge is 2.29. The molecule has 6 heteroatoms. The fourth-order valence-corrected chi connectivity index (χ4v) is 1.82. The Balaban J connectivity index is 3.95. The monoisotopic (exact) mass is 263 g/mol. The molecule has 0 aromatic rings. The molecule has 2 atom stereocenters. The highest BCUT2D eigenvalue weighted by molar-refractivity contribution is 7.39. The van der Waals surface area contributed by atoms with Crippen molar-refractivity contribution in [3.63, 3.8) is 0 Å². The normalized spacial score (nSPS) is 14.3. The SMILES string of the molecule is C=C(C)C(=O)C(O)C[P+](=O)OCC[N+](C)(C)C. The van der Waals surface area contributed by atoms with Crippen molar-refractivity contribution in [2.45, 2.75) is 13.0 Å². The molecular weight excluding hydrogens is 241 g/mol. The van der Waals surface area contributed by atoms with Gasteiger partial charge in [-0.1, -0.05) is 6.58 Å². The van der Waals surface area contributed by atoms with Gasteiger partial charge in [0.2, 0.25) is 6.16 Å². The highest BCUT2D eigenvalue weighted by atomic mass is 31.1. The van der Waals surface area contributed by atoms with Crippen molar-refractivity contribution in [3.05, 3.63) is 12.2 Å². The Hall–Kier alpha value is -0.610. The van der Waals surface area contributed by atoms with E-state index in [0.717, 1.165) is 0 Å². The number of hydrogen-bond donors (Lipinski definition) is 1. The van der Waals surface area contributed by atoms with Crippen molar-refractivity contribution in [2.24, 2.45) is 0 Å². The number of quaternary nitrogens is 1. The van der Waals surface area contributed by atoms with Crippen molar-refractivity contribution in [1.29, 1.82) is 0 Å². The zero-order chi connectivity index (χ0) is 13.6. The van der Waals surface area contributed by atoms with E-state index in [2.05, 4.69) is 6.58 Å². The van der Waals surface area contributed by atoms with Crippen LogP contribution < -0.4 is 0 Å². The van der Waals surface area contributed by atoms with E-state index in [1.54, 1.807) is 0 Å². The lowest BCUT2D eigenvalue weighted by Crippen LogP contribution is -2.37. The Morgan fingerprint density at radius 1 is 1.47 bits per heavy atom. The first-order chi connectivity index (χ1) is 7.63. The first-order valence-corrected chi connectivity index (χ1v) is 6.75. The number of Topliss-reactive ketones (excluding diaryl/α,β-unsaturated/α-hetero) is 1. The Labute approximate surface area is 104 Å². The van der Waals surface area contributed by atoms with Gasteiger partial charge in [-0.3, -0.25) is 4.79 Å². The number of likely N-dealkylation sites (N-methyl/N-ethyl adjacent to an activating group) is 1. The lowest BCUT2D eigenvalue weighted by molar-refractivity contribution is -0.870. The van der Waals surface area contributed by atoms with Gasteiger partial charge in [-0.05, 0) is 17.1 Å². The minimum atomic E-state index is -2.00. The van der Waals surface area contributed by atoms with Crippen LogP contribution in [0.5, 0.6) is 0 Å². The summed E-state index contributed by atoms with van der Waals surface area (Å²) in [6.45, 7) is 5.99. The molecule has 5 nitrogen and oxygen atoms in total. The van der Waals surface area contributed by atoms with E-state index >= 15 is 0 Å². The molecule has 0 bridgehead atoms. The maximum atomic E-state index is 11.4. The van der Waals surface area contributed by atoms with Crippen molar-refractivity contribution >= 4 is 13.8 Å². The van der Waals surface area contributed by atoms with Gasteiger partial charge >= 0.3 is 8.03 Å². The van der Waals surface area contributed by atoms with Gasteiger partial charge in [0, 0.05) is 0 Å². The predicted molar refractivity (Wildman–Crippen MR) is 67.2 cm³/mol. The van der Waals surface area contributed by atoms with E-state index in [4.69, 9.17) is 4.52 Å². The van der Waals surface area contributed by atoms with Crippen LogP contribution in [-0.2, 0) is 13.9 Å². The molecule has 0 fully saturated rings. The number of hydrogen-bond acceptors (Lipinski definition) is 4. The van der Waals surface area contributed by atoms with Crippen molar-refractivity contribution in [2.75, 3.05) is 40.5 Å². The number of rotatable bonds is 8. The summed E-state index contributed by atoms with van der Waals surface area (Å²) in [6, 6.07) is 0. The maximum Gasteiger partial charge on any atom is 0.511 e. The average Bonchev–Trinajstić information content (AvgIpc) is 2.13. The Kier molecular flexibility index (Phi) is 6.72. The van der Waals surface area contributed by atoms with Gasteiger partial charge in [0.1, 0.15) is 6.54 Å². The number of ketones is 1. The molecule has 0 rings (SSSR count). The summed E-state index contributed by atoms with van der Waals surface area (Å²) in [6.07, 6.45) is -1.45. The Bertz CT molecular complexity index is 309. The minimum Gasteiger partial charge on any atom is -0.380 e. The van der Waals surface area contributed by atoms with E-state index in [0.29, 0.717) is 17.6 Å². The fourth-order valence-electron chi connectivity index (χ4n) is 0.978. The quantitative estimate of drug-likeness (QED) is 0.402. The highest BCUT2D eigenvalue weighted by Crippen LogP contribution is 2.23. The van der Waals surface area contributed by atoms with E-state index in [9.17, 15) is 14.5 Å². The molecule has 0 spiro atoms. The third-order valence-electron chi connectivity index (χ3n) is 2.04. The summed E-state index contributed by atoms with van der Waals surface area (Å²) >= 11 is 0. The molecular formula is C11H22NO4P+2. The zero-order valence-corrected chi connectivity index (χ0v) is 11.9. The van der Waals surface area contributed by atoms with Gasteiger partial charge in [-0.25, -0.2) is 0 Å². The summed E-state index contributed by atoms with van der Waals surface area (Å²) in [7, 11) is 3.99. The number of carbonyl (C=O) groups is 1. The number of nitrogens with zero attached hydrogens (tertiary/aromatic N) is 1. The molecule has 17 heavy (non-hydrogen) atoms. The molecule has 0 aromatic carbocycles. The smallest absolute Gasteiger partial charge is 0.380 e. The molecule has 98 valence electrons. The van der Waals surface area contributed by atoms with Gasteiger partial charge in [0.15, 0.2) is 18.5 Å². The third kappa shape index (κ3) is 8.16. The molecule has 0 aliphatic rings. The fraction of sp³-hybridized carbons (Fsp3) is 0.727. The number of carbonyl (C=O) groups excluding carboxylic acids is 1. The van der Waals surface area contributed by atoms with Crippen LogP contribution in [0.1, 0.15) is 6.92 Å². The van der Waals surface area contributed by atoms with Crippen LogP contribution >= 0.6 is 8.03 Å². The van der Waals surface area contributed by atoms with Crippen LogP contribution in [0.2, 0.25) is 0 Å². The van der Waals surface area contributed by atoms with Gasteiger partial charge in [0.25, 0.3) is 0 Å². The molecule has 0 saturated carbocycles. The first kappa shape index (κ1) is 16.4. The van der Waals surface area contributed by atoms with Crippen LogP contribution in [0.25, 0.3) is 0 Å². The van der Waals surface area contributed by atoms with E-state index in [-0.39, 0.29) is 11.7 Å². The van der Waals surface area contributed by atoms with Gasteiger partial charge in [-0.15, -0.1) is 4.52 Å². The summed E-state index contributed by atoms with van der Waals surface area (Å²) in [5, 5.41) is 9.44. The lowest BCUT2D eigenvalue weighted by atomic mass is 10.1. The van der Waals surface area contributed by atoms with E-state index < -0.39 is 19.9 Å². The summed E-state index contributed by atoms with van der Waals surface area (Å²) in [4.78, 5) is 11.3. The molecule has 0 amide bonds. The molecule has 0 aliphatic carbocycles. The Morgan fingerprint density at radius 2 is 2.00 bits per heavy atom. The molecule has 1 N–H and O–H groups in total. The lowest BCUT2D eigenvalue weighted by Gasteiger charge is -2.22. The second-order valence-electron chi connectivity index (χ2n) is 5.02. The molecule has 0 aromatic heterocycles. The van der Waals surface area contributed by atoms with Crippen molar-refractivity contribution < 1.29 is 23.5 Å². The summed E-state index contributed by atoms with van der Waals surface area (Å²) in [5.41, 5.74) is 0.257. The second kappa shape index (κ2) is 6.97. The number of aliphatic hydroxyl groups excluding tert-OH is 1. The van der Waals surface area contributed by atoms with Crippen molar-refractivity contribution in [1.82, 2.24) is 0 Å². The van der Waals surface area contributed by atoms with Gasteiger partial charge in [-0.2, -0.15) is 0 Å². The Morgan fingerprint density at radius 3 is 2.41 bits per heavy atom. The average molecular weight is 263 g/mol. The minimum absolute atomic E-state index is 0.168. The third-order valence-corrected chi connectivity index (χ3v) is 3.16. The predicted octanol–water partition coefficient (Wildman–Crippen LogP) is 0.958. The van der Waals surface area contributed by atoms with Gasteiger partial charge < -0.3 is 9.59 Å². The maximum absolute atomic E-state index is 11.4. The van der Waals surface area contributed by atoms with E-state index in [1.807, 2.05) is 21.1 Å².